The van der Waals surface area contributed by atoms with Crippen molar-refractivity contribution in [3.8, 4) is 0 Å². The molecule has 6 nitrogen and oxygen atoms in total. The van der Waals surface area contributed by atoms with Crippen LogP contribution >= 0.6 is 0 Å². The monoisotopic (exact) mass is 317 g/mol. The average Bonchev–Trinajstić information content (AvgIpc) is 3.27. The third-order valence-electron chi connectivity index (χ3n) is 3.99. The van der Waals surface area contributed by atoms with Crippen LogP contribution in [0, 0.1) is 5.82 Å². The Bertz CT molecular complexity index is 680. The zero-order chi connectivity index (χ0) is 16.4. The fraction of sp³-hybridized carbons (Fsp3) is 0.438. The van der Waals surface area contributed by atoms with Gasteiger partial charge in [-0.1, -0.05) is 12.1 Å². The van der Waals surface area contributed by atoms with Crippen molar-refractivity contribution in [1.29, 1.82) is 0 Å². The highest BCUT2D eigenvalue weighted by molar-refractivity contribution is 5.75. The van der Waals surface area contributed by atoms with Gasteiger partial charge in [-0.15, -0.1) is 10.2 Å². The normalized spacial score (nSPS) is 15.3. The second-order valence-electron chi connectivity index (χ2n) is 5.96. The van der Waals surface area contributed by atoms with Crippen molar-refractivity contribution in [3.05, 3.63) is 47.8 Å². The van der Waals surface area contributed by atoms with Gasteiger partial charge >= 0.3 is 6.03 Å². The molecule has 23 heavy (non-hydrogen) atoms. The third kappa shape index (κ3) is 3.67. The molecule has 1 aliphatic carbocycles. The molecule has 122 valence electrons. The van der Waals surface area contributed by atoms with E-state index in [1.807, 2.05) is 14.0 Å². The van der Waals surface area contributed by atoms with Gasteiger partial charge in [0.05, 0.1) is 6.04 Å². The lowest BCUT2D eigenvalue weighted by atomic mass is 10.2. The lowest BCUT2D eigenvalue weighted by Gasteiger charge is -2.25. The second-order valence-corrected chi connectivity index (χ2v) is 5.96. The van der Waals surface area contributed by atoms with Crippen molar-refractivity contribution < 1.29 is 9.18 Å². The average molecular weight is 317 g/mol. The van der Waals surface area contributed by atoms with E-state index in [4.69, 9.17) is 0 Å². The van der Waals surface area contributed by atoms with Gasteiger partial charge < -0.3 is 14.8 Å². The summed E-state index contributed by atoms with van der Waals surface area (Å²) in [6.45, 7) is 2.35. The maximum absolute atomic E-state index is 13.0. The van der Waals surface area contributed by atoms with Gasteiger partial charge in [0.1, 0.15) is 12.1 Å². The Hall–Kier alpha value is -2.44. The summed E-state index contributed by atoms with van der Waals surface area (Å²) in [4.78, 5) is 14.4. The maximum atomic E-state index is 13.0. The minimum atomic E-state index is -0.271. The van der Waals surface area contributed by atoms with Crippen LogP contribution in [-0.2, 0) is 13.6 Å². The molecule has 1 aromatic heterocycles. The van der Waals surface area contributed by atoms with Gasteiger partial charge in [0, 0.05) is 19.6 Å². The van der Waals surface area contributed by atoms with Crippen LogP contribution in [-0.4, -0.2) is 31.7 Å². The summed E-state index contributed by atoms with van der Waals surface area (Å²) in [6, 6.07) is 6.15. The number of hydrogen-bond acceptors (Lipinski definition) is 3. The summed E-state index contributed by atoms with van der Waals surface area (Å²) in [6.07, 6.45) is 3.62. The highest BCUT2D eigenvalue weighted by Crippen LogP contribution is 2.28. The van der Waals surface area contributed by atoms with Gasteiger partial charge in [-0.05, 0) is 37.5 Å². The molecule has 0 unspecified atom stereocenters. The number of hydrogen-bond donors (Lipinski definition) is 1. The van der Waals surface area contributed by atoms with E-state index in [0.717, 1.165) is 18.4 Å². The second kappa shape index (κ2) is 6.36. The van der Waals surface area contributed by atoms with Gasteiger partial charge in [0.2, 0.25) is 0 Å². The molecule has 3 rings (SSSR count). The van der Waals surface area contributed by atoms with E-state index in [2.05, 4.69) is 15.5 Å². The number of rotatable bonds is 5. The largest absolute Gasteiger partial charge is 0.328 e. The Morgan fingerprint density at radius 3 is 2.70 bits per heavy atom. The number of halogens is 1. The highest BCUT2D eigenvalue weighted by atomic mass is 19.1. The van der Waals surface area contributed by atoms with E-state index in [1.54, 1.807) is 27.9 Å². The number of urea groups is 1. The van der Waals surface area contributed by atoms with Crippen LogP contribution in [0.4, 0.5) is 9.18 Å². The predicted octanol–water partition coefficient (Wildman–Crippen LogP) is 2.39. The third-order valence-corrected chi connectivity index (χ3v) is 3.99. The number of amides is 2. The Kier molecular flexibility index (Phi) is 4.27. The van der Waals surface area contributed by atoms with Crippen molar-refractivity contribution in [2.45, 2.75) is 38.4 Å². The lowest BCUT2D eigenvalue weighted by Crippen LogP contribution is -2.42. The van der Waals surface area contributed by atoms with Crippen molar-refractivity contribution >= 4 is 6.03 Å². The van der Waals surface area contributed by atoms with Crippen molar-refractivity contribution in [3.63, 3.8) is 0 Å². The fourth-order valence-electron chi connectivity index (χ4n) is 2.56. The van der Waals surface area contributed by atoms with Crippen LogP contribution in [0.15, 0.2) is 30.6 Å². The minimum absolute atomic E-state index is 0.132. The molecule has 0 spiro atoms. The van der Waals surface area contributed by atoms with Crippen molar-refractivity contribution in [2.75, 3.05) is 0 Å². The molecule has 2 amide bonds. The summed E-state index contributed by atoms with van der Waals surface area (Å²) in [7, 11) is 1.84. The molecule has 1 fully saturated rings. The Labute approximate surface area is 134 Å². The van der Waals surface area contributed by atoms with E-state index in [0.29, 0.717) is 12.4 Å². The van der Waals surface area contributed by atoms with E-state index in [9.17, 15) is 9.18 Å². The quantitative estimate of drug-likeness (QED) is 0.921. The molecule has 1 aliphatic rings. The molecule has 0 aliphatic heterocycles. The predicted molar refractivity (Wildman–Crippen MR) is 82.9 cm³/mol. The first kappa shape index (κ1) is 15.5. The Balaban J connectivity index is 1.67. The molecule has 1 saturated carbocycles. The number of benzene rings is 1. The number of carbonyl (C=O) groups is 1. The fourth-order valence-corrected chi connectivity index (χ4v) is 2.56. The number of nitrogens with zero attached hydrogens (tertiary/aromatic N) is 4. The van der Waals surface area contributed by atoms with Crippen molar-refractivity contribution in [2.24, 2.45) is 7.05 Å². The molecule has 0 bridgehead atoms. The summed E-state index contributed by atoms with van der Waals surface area (Å²) in [5.74, 6) is 0.433. The van der Waals surface area contributed by atoms with Crippen LogP contribution in [0.5, 0.6) is 0 Å². The molecular weight excluding hydrogens is 297 g/mol. The van der Waals surface area contributed by atoms with E-state index >= 15 is 0 Å². The molecule has 0 saturated heterocycles. The summed E-state index contributed by atoms with van der Waals surface area (Å²) in [5.41, 5.74) is 0.916. The number of nitrogens with one attached hydrogen (secondary N) is 1. The molecule has 2 aromatic rings. The van der Waals surface area contributed by atoms with Crippen LogP contribution < -0.4 is 5.32 Å². The first-order valence-corrected chi connectivity index (χ1v) is 7.70. The SMILES string of the molecule is C[C@H](NC(=O)N(Cc1ccc(F)cc1)C1CC1)c1nncn1C. The summed E-state index contributed by atoms with van der Waals surface area (Å²) < 4.78 is 14.8. The highest BCUT2D eigenvalue weighted by Gasteiger charge is 2.33. The number of aryl methyl sites for hydroxylation is 1. The summed E-state index contributed by atoms with van der Waals surface area (Å²) >= 11 is 0. The molecule has 1 atom stereocenters. The zero-order valence-corrected chi connectivity index (χ0v) is 13.2. The Morgan fingerprint density at radius 2 is 2.13 bits per heavy atom. The molecule has 1 aromatic carbocycles. The van der Waals surface area contributed by atoms with Crippen molar-refractivity contribution in [1.82, 2.24) is 25.0 Å². The smallest absolute Gasteiger partial charge is 0.318 e. The number of aromatic nitrogens is 3. The number of carbonyl (C=O) groups excluding carboxylic acids is 1. The first-order chi connectivity index (χ1) is 11.0. The minimum Gasteiger partial charge on any atom is -0.328 e. The zero-order valence-electron chi connectivity index (χ0n) is 13.2. The molecule has 0 radical (unpaired) electrons. The van der Waals surface area contributed by atoms with Crippen LogP contribution in [0.25, 0.3) is 0 Å². The molecule has 7 heteroatoms. The van der Waals surface area contributed by atoms with Gasteiger partial charge in [0.15, 0.2) is 5.82 Å². The van der Waals surface area contributed by atoms with Gasteiger partial charge in [-0.25, -0.2) is 9.18 Å². The molecule has 1 heterocycles. The molecular formula is C16H20FN5O. The van der Waals surface area contributed by atoms with Gasteiger partial charge in [-0.3, -0.25) is 0 Å². The maximum Gasteiger partial charge on any atom is 0.318 e. The molecule has 1 N–H and O–H groups in total. The van der Waals surface area contributed by atoms with Gasteiger partial charge in [0.25, 0.3) is 0 Å². The summed E-state index contributed by atoms with van der Waals surface area (Å²) in [5, 5.41) is 10.8. The Morgan fingerprint density at radius 1 is 1.43 bits per heavy atom. The topological polar surface area (TPSA) is 63.1 Å². The lowest BCUT2D eigenvalue weighted by molar-refractivity contribution is 0.188. The van der Waals surface area contributed by atoms with E-state index < -0.39 is 0 Å². The van der Waals surface area contributed by atoms with Gasteiger partial charge in [-0.2, -0.15) is 0 Å². The van der Waals surface area contributed by atoms with E-state index in [-0.39, 0.29) is 23.9 Å². The first-order valence-electron chi connectivity index (χ1n) is 7.70. The van der Waals surface area contributed by atoms with Crippen LogP contribution in [0.1, 0.15) is 37.2 Å². The van der Waals surface area contributed by atoms with Crippen LogP contribution in [0.3, 0.4) is 0 Å². The van der Waals surface area contributed by atoms with E-state index in [1.165, 1.54) is 12.1 Å². The standard InChI is InChI=1S/C16H20FN5O/c1-11(15-20-18-10-21(15)2)19-16(23)22(14-7-8-14)9-12-3-5-13(17)6-4-12/h3-6,10-11,14H,7-9H2,1-2H3,(H,19,23)/t11-/m0/s1. The van der Waals surface area contributed by atoms with Crippen LogP contribution in [0.2, 0.25) is 0 Å².